The minimum Gasteiger partial charge on any atom is -0.399 e. The predicted octanol–water partition coefficient (Wildman–Crippen LogP) is 3.36. The molecule has 1 saturated heterocycles. The van der Waals surface area contributed by atoms with Crippen LogP contribution in [0.15, 0.2) is 30.5 Å². The van der Waals surface area contributed by atoms with E-state index in [1.54, 1.807) is 12.1 Å². The minimum atomic E-state index is -0.559. The molecule has 1 saturated carbocycles. The fourth-order valence-electron chi connectivity index (χ4n) is 3.54. The molecule has 1 aromatic carbocycles. The molecule has 0 atom stereocenters. The summed E-state index contributed by atoms with van der Waals surface area (Å²) < 4.78 is 25.8. The highest BCUT2D eigenvalue weighted by molar-refractivity contribution is 6.63. The molecule has 0 bridgehead atoms. The first-order chi connectivity index (χ1) is 12.7. The lowest BCUT2D eigenvalue weighted by Gasteiger charge is -2.32. The second-order valence-corrected chi connectivity index (χ2v) is 8.44. The van der Waals surface area contributed by atoms with Crippen LogP contribution >= 0.6 is 0 Å². The molecular weight excluding hydrogens is 346 g/mol. The zero-order chi connectivity index (χ0) is 19.2. The molecule has 7 heteroatoms. The Morgan fingerprint density at radius 2 is 1.67 bits per heavy atom. The van der Waals surface area contributed by atoms with Crippen LogP contribution in [0.25, 0.3) is 11.3 Å². The van der Waals surface area contributed by atoms with Gasteiger partial charge in [-0.1, -0.05) is 0 Å². The predicted molar refractivity (Wildman–Crippen MR) is 102 cm³/mol. The molecule has 144 valence electrons. The second-order valence-electron chi connectivity index (χ2n) is 8.44. The van der Waals surface area contributed by atoms with Crippen LogP contribution in [-0.2, 0) is 9.31 Å². The van der Waals surface area contributed by atoms with Gasteiger partial charge in [0.25, 0.3) is 0 Å². The molecule has 5 nitrogen and oxygen atoms in total. The van der Waals surface area contributed by atoms with Crippen LogP contribution in [0.4, 0.5) is 4.39 Å². The standard InChI is InChI=1S/C20H26BFN2O3/c1-19(2)20(3,4)27-21(26-19)17-13-24(25-16-7-5-6-8-16)23-18(17)14-9-11-15(22)12-10-14/h9-13,16H,5-8H2,1-4H3. The van der Waals surface area contributed by atoms with E-state index in [1.807, 2.05) is 33.9 Å². The second kappa shape index (κ2) is 6.64. The van der Waals surface area contributed by atoms with Gasteiger partial charge in [-0.2, -0.15) is 0 Å². The molecule has 1 aliphatic carbocycles. The van der Waals surface area contributed by atoms with E-state index < -0.39 is 18.3 Å². The molecule has 0 spiro atoms. The Balaban J connectivity index is 1.70. The molecule has 1 aromatic heterocycles. The number of rotatable bonds is 4. The van der Waals surface area contributed by atoms with Crippen molar-refractivity contribution in [1.29, 1.82) is 0 Å². The summed E-state index contributed by atoms with van der Waals surface area (Å²) in [4.78, 5) is 7.55. The number of nitrogens with zero attached hydrogens (tertiary/aromatic N) is 2. The molecule has 0 radical (unpaired) electrons. The average molecular weight is 372 g/mol. The molecule has 2 aliphatic rings. The quantitative estimate of drug-likeness (QED) is 0.773. The lowest BCUT2D eigenvalue weighted by Crippen LogP contribution is -2.41. The summed E-state index contributed by atoms with van der Waals surface area (Å²) in [5.74, 6) is -0.280. The number of benzene rings is 1. The SMILES string of the molecule is CC1(C)OB(c2cn(OC3CCCC3)nc2-c2ccc(F)cc2)OC1(C)C. The highest BCUT2D eigenvalue weighted by atomic mass is 19.1. The van der Waals surface area contributed by atoms with Crippen molar-refractivity contribution in [3.8, 4) is 11.3 Å². The lowest BCUT2D eigenvalue weighted by atomic mass is 9.78. The Bertz CT molecular complexity index is 797. The summed E-state index contributed by atoms with van der Waals surface area (Å²) in [6.45, 7) is 8.07. The van der Waals surface area contributed by atoms with Gasteiger partial charge >= 0.3 is 7.12 Å². The van der Waals surface area contributed by atoms with E-state index in [9.17, 15) is 4.39 Å². The molecule has 0 amide bonds. The van der Waals surface area contributed by atoms with Crippen molar-refractivity contribution in [2.45, 2.75) is 70.7 Å². The van der Waals surface area contributed by atoms with Gasteiger partial charge in [-0.05, 0) is 77.6 Å². The summed E-state index contributed by atoms with van der Waals surface area (Å²) in [6.07, 6.45) is 6.45. The van der Waals surface area contributed by atoms with E-state index in [0.29, 0.717) is 5.69 Å². The Kier molecular flexibility index (Phi) is 4.55. The van der Waals surface area contributed by atoms with E-state index >= 15 is 0 Å². The Morgan fingerprint density at radius 1 is 1.07 bits per heavy atom. The molecule has 2 fully saturated rings. The highest BCUT2D eigenvalue weighted by Gasteiger charge is 2.53. The maximum atomic E-state index is 13.4. The molecule has 2 aromatic rings. The molecule has 27 heavy (non-hydrogen) atoms. The molecule has 2 heterocycles. The maximum Gasteiger partial charge on any atom is 0.498 e. The van der Waals surface area contributed by atoms with Gasteiger partial charge in [0, 0.05) is 11.0 Å². The number of halogens is 1. The van der Waals surface area contributed by atoms with Crippen molar-refractivity contribution in [2.24, 2.45) is 0 Å². The fraction of sp³-hybridized carbons (Fsp3) is 0.550. The van der Waals surface area contributed by atoms with Gasteiger partial charge in [0.05, 0.1) is 23.1 Å². The smallest absolute Gasteiger partial charge is 0.399 e. The maximum absolute atomic E-state index is 13.4. The van der Waals surface area contributed by atoms with E-state index in [0.717, 1.165) is 23.9 Å². The van der Waals surface area contributed by atoms with Gasteiger partial charge in [0.1, 0.15) is 11.9 Å². The van der Waals surface area contributed by atoms with Crippen LogP contribution in [0.5, 0.6) is 0 Å². The van der Waals surface area contributed by atoms with Gasteiger partial charge in [-0.25, -0.2) is 4.39 Å². The first kappa shape index (κ1) is 18.5. The average Bonchev–Trinajstić information content (AvgIpc) is 3.28. The minimum absolute atomic E-state index is 0.178. The zero-order valence-corrected chi connectivity index (χ0v) is 16.4. The van der Waals surface area contributed by atoms with Gasteiger partial charge in [0.15, 0.2) is 0 Å². The lowest BCUT2D eigenvalue weighted by molar-refractivity contribution is 0.00578. The van der Waals surface area contributed by atoms with E-state index in [2.05, 4.69) is 5.10 Å². The zero-order valence-electron chi connectivity index (χ0n) is 16.4. The van der Waals surface area contributed by atoms with Gasteiger partial charge in [-0.3, -0.25) is 0 Å². The topological polar surface area (TPSA) is 45.5 Å². The summed E-state index contributed by atoms with van der Waals surface area (Å²) >= 11 is 0. The summed E-state index contributed by atoms with van der Waals surface area (Å²) in [5.41, 5.74) is 1.37. The highest BCUT2D eigenvalue weighted by Crippen LogP contribution is 2.37. The van der Waals surface area contributed by atoms with E-state index in [1.165, 1.54) is 29.8 Å². The van der Waals surface area contributed by atoms with Crippen LogP contribution in [-0.4, -0.2) is 34.4 Å². The van der Waals surface area contributed by atoms with Crippen molar-refractivity contribution in [3.63, 3.8) is 0 Å². The Labute approximate surface area is 159 Å². The van der Waals surface area contributed by atoms with Crippen LogP contribution in [0.3, 0.4) is 0 Å². The summed E-state index contributed by atoms with van der Waals surface area (Å²) in [5, 5.41) is 4.63. The first-order valence-corrected chi connectivity index (χ1v) is 9.63. The Morgan fingerprint density at radius 3 is 2.26 bits per heavy atom. The van der Waals surface area contributed by atoms with Gasteiger partial charge in [0.2, 0.25) is 0 Å². The van der Waals surface area contributed by atoms with Crippen LogP contribution in [0.1, 0.15) is 53.4 Å². The van der Waals surface area contributed by atoms with Gasteiger partial charge in [-0.15, -0.1) is 9.94 Å². The van der Waals surface area contributed by atoms with Gasteiger partial charge < -0.3 is 14.1 Å². The third-order valence-electron chi connectivity index (χ3n) is 5.91. The van der Waals surface area contributed by atoms with Crippen LogP contribution in [0, 0.1) is 5.82 Å². The van der Waals surface area contributed by atoms with Crippen LogP contribution < -0.4 is 10.3 Å². The van der Waals surface area contributed by atoms with E-state index in [-0.39, 0.29) is 11.9 Å². The summed E-state index contributed by atoms with van der Waals surface area (Å²) in [6, 6.07) is 6.29. The van der Waals surface area contributed by atoms with Crippen molar-refractivity contribution in [2.75, 3.05) is 0 Å². The summed E-state index contributed by atoms with van der Waals surface area (Å²) in [7, 11) is -0.559. The first-order valence-electron chi connectivity index (χ1n) is 9.63. The Hall–Kier alpha value is -1.86. The molecule has 1 aliphatic heterocycles. The normalized spacial score (nSPS) is 21.7. The van der Waals surface area contributed by atoms with Crippen molar-refractivity contribution in [3.05, 3.63) is 36.3 Å². The molecule has 0 unspecified atom stereocenters. The number of aromatic nitrogens is 2. The fourth-order valence-corrected chi connectivity index (χ4v) is 3.54. The monoisotopic (exact) mass is 372 g/mol. The van der Waals surface area contributed by atoms with E-state index in [4.69, 9.17) is 14.1 Å². The van der Waals surface area contributed by atoms with Crippen molar-refractivity contribution in [1.82, 2.24) is 9.94 Å². The third-order valence-corrected chi connectivity index (χ3v) is 5.91. The van der Waals surface area contributed by atoms with Crippen LogP contribution in [0.2, 0.25) is 0 Å². The number of hydrogen-bond acceptors (Lipinski definition) is 4. The molecule has 0 N–H and O–H groups in total. The largest absolute Gasteiger partial charge is 0.498 e. The third kappa shape index (κ3) is 3.50. The van der Waals surface area contributed by atoms with Crippen molar-refractivity contribution < 1.29 is 18.5 Å². The molecule has 4 rings (SSSR count). The molecular formula is C20H26BFN2O3. The van der Waals surface area contributed by atoms with Crippen molar-refractivity contribution >= 4 is 12.6 Å². The number of hydrogen-bond donors (Lipinski definition) is 0.